The predicted molar refractivity (Wildman–Crippen MR) is 262 cm³/mol. The van der Waals surface area contributed by atoms with E-state index in [1.54, 1.807) is 51.1 Å². The fourth-order valence-corrected chi connectivity index (χ4v) is 9.51. The fraction of sp³-hybridized carbons (Fsp3) is 0.302. The summed E-state index contributed by atoms with van der Waals surface area (Å²) in [4.78, 5) is 46.7. The summed E-state index contributed by atoms with van der Waals surface area (Å²) >= 11 is 9.63. The van der Waals surface area contributed by atoms with Crippen molar-refractivity contribution in [1.82, 2.24) is 13.3 Å². The van der Waals surface area contributed by atoms with Crippen molar-refractivity contribution >= 4 is 113 Å². The normalized spacial score (nSPS) is 11.9. The molecular weight excluding hydrogens is 1080 g/mol. The second-order valence-corrected chi connectivity index (χ2v) is 20.6. The number of methoxy groups -OCH3 is 1. The molecule has 0 aliphatic rings. The average Bonchev–Trinajstić information content (AvgIpc) is 3.85. The first-order chi connectivity index (χ1) is 31.5. The Morgan fingerprint density at radius 2 is 1.17 bits per heavy atom. The number of benzene rings is 4. The van der Waals surface area contributed by atoms with Gasteiger partial charge in [0, 0.05) is 44.3 Å². The lowest BCUT2D eigenvalue weighted by Gasteiger charge is -2.22. The monoisotopic (exact) mass is 1130 g/mol. The molecule has 0 aliphatic carbocycles. The molecule has 6 rings (SSSR count). The summed E-state index contributed by atoms with van der Waals surface area (Å²) in [5.41, 5.74) is 0.928. The van der Waals surface area contributed by atoms with Crippen LogP contribution in [0.1, 0.15) is 55.0 Å². The molecule has 1 N–H and O–H groups in total. The number of esters is 1. The Hall–Kier alpha value is -5.16. The molecule has 6 aromatic rings. The summed E-state index contributed by atoms with van der Waals surface area (Å²) in [5, 5.41) is 27.8. The molecule has 0 unspecified atom stereocenters. The lowest BCUT2D eigenvalue weighted by molar-refractivity contribution is -0.383. The van der Waals surface area contributed by atoms with Gasteiger partial charge in [-0.1, -0.05) is 94.2 Å². The lowest BCUT2D eigenvalue weighted by atomic mass is 10.0. The number of nitrogens with one attached hydrogen (secondary N) is 1. The van der Waals surface area contributed by atoms with Gasteiger partial charge in [0.25, 0.3) is 31.4 Å². The summed E-state index contributed by atoms with van der Waals surface area (Å²) < 4.78 is 76.5. The van der Waals surface area contributed by atoms with E-state index in [0.29, 0.717) is 4.47 Å². The molecule has 65 heavy (non-hydrogen) atoms. The van der Waals surface area contributed by atoms with Crippen molar-refractivity contribution in [3.63, 3.8) is 0 Å². The zero-order valence-electron chi connectivity index (χ0n) is 38.6. The number of aryl methyl sites for hydroxylation is 2. The number of hydrogen-bond acceptors (Lipinski definition) is 12. The molecule has 1 amide bonds. The van der Waals surface area contributed by atoms with Gasteiger partial charge < -0.3 is 14.8 Å². The number of amides is 1. The van der Waals surface area contributed by atoms with Gasteiger partial charge in [-0.25, -0.2) is 34.4 Å². The first kappa shape index (κ1) is 52.5. The maximum atomic E-state index is 13.5. The number of carbonyl (C=O) groups excluding carboxylic acids is 2. The summed E-state index contributed by atoms with van der Waals surface area (Å²) in [5.74, 6) is -0.832. The van der Waals surface area contributed by atoms with Crippen LogP contribution in [0.15, 0.2) is 112 Å². The Bertz CT molecular complexity index is 2890. The molecule has 0 spiro atoms. The van der Waals surface area contributed by atoms with E-state index in [1.807, 2.05) is 13.8 Å². The molecule has 0 saturated carbocycles. The topological polar surface area (TPSA) is 229 Å². The Kier molecular flexibility index (Phi) is 18.8. The average molecular weight is 1140 g/mol. The van der Waals surface area contributed by atoms with Crippen molar-refractivity contribution in [2.75, 3.05) is 17.8 Å². The first-order valence-electron chi connectivity index (χ1n) is 20.5. The summed E-state index contributed by atoms with van der Waals surface area (Å²) in [7, 11) is -4.36. The Morgan fingerprint density at radius 1 is 0.754 bits per heavy atom. The Labute approximate surface area is 406 Å². The number of fused-ring (bicyclic) bond motifs is 2. The van der Waals surface area contributed by atoms with E-state index in [4.69, 9.17) is 12.2 Å². The Morgan fingerprint density at radius 3 is 1.57 bits per heavy atom. The van der Waals surface area contributed by atoms with Crippen molar-refractivity contribution in [3.8, 4) is 0 Å². The maximum absolute atomic E-state index is 13.5. The molecule has 2 aromatic heterocycles. The van der Waals surface area contributed by atoms with Crippen molar-refractivity contribution in [2.45, 2.75) is 77.3 Å². The third-order valence-corrected chi connectivity index (χ3v) is 14.6. The molecule has 0 saturated heterocycles. The van der Waals surface area contributed by atoms with Gasteiger partial charge in [0.05, 0.1) is 53.0 Å². The summed E-state index contributed by atoms with van der Waals surface area (Å²) in [6.07, 6.45) is 1.37. The van der Waals surface area contributed by atoms with Crippen LogP contribution in [0.3, 0.4) is 0 Å². The van der Waals surface area contributed by atoms with Crippen LogP contribution < -0.4 is 5.32 Å². The highest BCUT2D eigenvalue weighted by atomic mass is 79.9. The van der Waals surface area contributed by atoms with Crippen LogP contribution in [-0.4, -0.2) is 76.1 Å². The number of carbonyl (C=O) groups is 2. The van der Waals surface area contributed by atoms with E-state index >= 15 is 0 Å². The molecule has 0 fully saturated rings. The fourth-order valence-electron chi connectivity index (χ4n) is 6.02. The number of nitro groups is 2. The first-order valence-corrected chi connectivity index (χ1v) is 24.4. The van der Waals surface area contributed by atoms with Crippen LogP contribution in [-0.2, 0) is 40.7 Å². The van der Waals surface area contributed by atoms with Gasteiger partial charge in [-0.2, -0.15) is 0 Å². The number of non-ortho nitro benzene ring substituents is 2. The van der Waals surface area contributed by atoms with Crippen LogP contribution in [0.25, 0.3) is 21.8 Å². The van der Waals surface area contributed by atoms with E-state index < -0.39 is 53.6 Å². The molecule has 0 bridgehead atoms. The van der Waals surface area contributed by atoms with E-state index in [2.05, 4.69) is 53.1 Å². The van der Waals surface area contributed by atoms with Gasteiger partial charge in [-0.05, 0) is 92.5 Å². The molecule has 22 heteroatoms. The van der Waals surface area contributed by atoms with E-state index in [0.717, 1.165) is 36.8 Å². The quantitative estimate of drug-likeness (QED) is 0.0553. The number of aromatic nitrogens is 2. The number of nitrogens with zero attached hydrogens (tertiary/aromatic N) is 4. The summed E-state index contributed by atoms with van der Waals surface area (Å²) in [6, 6.07) is 19.7. The van der Waals surface area contributed by atoms with Gasteiger partial charge in [-0.15, -0.1) is 0 Å². The number of alkyl halides is 2. The number of hydrogen-bond donors (Lipinski definition) is 1. The number of alkyl carbamates (subject to hydrolysis) is 1. The zero-order chi connectivity index (χ0) is 51.0. The molecule has 17 nitrogen and oxygen atoms in total. The molecule has 0 aliphatic heterocycles. The van der Waals surface area contributed by atoms with Crippen LogP contribution in [0.4, 0.5) is 16.2 Å². The van der Waals surface area contributed by atoms with Gasteiger partial charge in [0.15, 0.2) is 0 Å². The van der Waals surface area contributed by atoms with Gasteiger partial charge in [-0.3, -0.25) is 20.2 Å². The number of rotatable bonds is 11. The smallest absolute Gasteiger partial charge is 0.408 e. The third-order valence-electron chi connectivity index (χ3n) is 8.80. The minimum Gasteiger partial charge on any atom is -0.467 e. The van der Waals surface area contributed by atoms with Crippen LogP contribution in [0.2, 0.25) is 0 Å². The number of nitro benzene ring substituents is 2. The molecule has 4 aromatic carbocycles. The highest BCUT2D eigenvalue weighted by Gasteiger charge is 2.31. The molecule has 2 heterocycles. The van der Waals surface area contributed by atoms with E-state index in [1.165, 1.54) is 81.8 Å². The van der Waals surface area contributed by atoms with Crippen molar-refractivity contribution in [2.24, 2.45) is 0 Å². The second kappa shape index (κ2) is 23.3. The molecule has 352 valence electrons. The molecule has 1 atom stereocenters. The van der Waals surface area contributed by atoms with Crippen molar-refractivity contribution in [1.29, 1.82) is 0 Å². The number of ether oxygens (including phenoxy) is 2. The highest BCUT2D eigenvalue weighted by molar-refractivity contribution is 9.12. The third kappa shape index (κ3) is 13.5. The minimum atomic E-state index is -4.15. The SMILES string of the molecule is BrCCBr.COC(=O)[C@@H](Cc1cn(S(=O)(=O)c2ccc(C)cc2)c2cccc([N+](=O)[O-])c12)NC(=O)OC(C)(C)C.Cc1ccc(S(=O)(=O)n2cc(Br)c3c([N+](=O)[O-])cccc32)cc1.[3H]C.[3H]C. The van der Waals surface area contributed by atoms with Gasteiger partial charge in [0.1, 0.15) is 11.6 Å². The van der Waals surface area contributed by atoms with E-state index in [9.17, 15) is 46.7 Å². The van der Waals surface area contributed by atoms with Crippen LogP contribution >= 0.6 is 47.8 Å². The number of halogens is 3. The lowest BCUT2D eigenvalue weighted by Crippen LogP contribution is -2.45. The van der Waals surface area contributed by atoms with Crippen molar-refractivity contribution in [3.05, 3.63) is 139 Å². The largest absolute Gasteiger partial charge is 0.467 e. The predicted octanol–water partition coefficient (Wildman–Crippen LogP) is 10.6. The molecule has 0 radical (unpaired) electrons. The maximum Gasteiger partial charge on any atom is 0.408 e. The van der Waals surface area contributed by atoms with Crippen LogP contribution in [0.5, 0.6) is 0 Å². The van der Waals surface area contributed by atoms with Gasteiger partial charge >= 0.3 is 12.1 Å². The van der Waals surface area contributed by atoms with Gasteiger partial charge in [0.2, 0.25) is 0 Å². The highest BCUT2D eigenvalue weighted by Crippen LogP contribution is 2.36. The minimum absolute atomic E-state index is 0.0144. The van der Waals surface area contributed by atoms with Crippen molar-refractivity contribution < 1.29 is 48.5 Å². The van der Waals surface area contributed by atoms with E-state index in [-0.39, 0.29) is 55.0 Å². The second-order valence-electron chi connectivity index (χ2n) is 14.5. The standard InChI is InChI=1S/C24H27N3O8S.C15H11BrN2O4S.C2H4Br2.2CH4/c1-15-9-11-17(12-10-15)36(32,33)26-14-16(21-19(26)7-6-8-20(21)27(30)31)13-18(22(28)34-5)25-23(29)35-24(2,3)4;1-10-5-7-11(8-6-10)23(21,22)17-9-12(16)15-13(17)3-2-4-14(15)18(19)20;3-1-2-4;;/h6-12,14,18H,13H2,1-5H3,(H,25,29);2-9H,1H3;1-2H2;2*1H4/t18-;;;;/m1..../s1/i;;;2*1T. The summed E-state index contributed by atoms with van der Waals surface area (Å²) in [6.45, 7) is 8.61. The Balaban J connectivity index is 0.000000424. The molecular formula is C43H50Br3N5O12S2. The zero-order valence-corrected chi connectivity index (χ0v) is 43.0. The van der Waals surface area contributed by atoms with Crippen LogP contribution in [0, 0.1) is 34.1 Å².